The lowest BCUT2D eigenvalue weighted by atomic mass is 10.2. The molecule has 1 aromatic heterocycles. The van der Waals surface area contributed by atoms with Gasteiger partial charge < -0.3 is 9.88 Å². The first-order chi connectivity index (χ1) is 9.97. The Kier molecular flexibility index (Phi) is 5.47. The molecule has 1 aromatic carbocycles. The number of amides is 1. The number of rotatable bonds is 5. The van der Waals surface area contributed by atoms with Crippen LogP contribution in [0.2, 0.25) is 0 Å². The van der Waals surface area contributed by atoms with E-state index in [4.69, 9.17) is 0 Å². The molecule has 0 aliphatic heterocycles. The van der Waals surface area contributed by atoms with E-state index in [2.05, 4.69) is 26.2 Å². The molecular weight excluding hydrogens is 350 g/mol. The molecule has 0 radical (unpaired) electrons. The van der Waals surface area contributed by atoms with E-state index >= 15 is 0 Å². The summed E-state index contributed by atoms with van der Waals surface area (Å²) in [6.45, 7) is 3.91. The van der Waals surface area contributed by atoms with Crippen LogP contribution in [-0.2, 0) is 11.8 Å². The van der Waals surface area contributed by atoms with Gasteiger partial charge in [-0.15, -0.1) is 0 Å². The van der Waals surface area contributed by atoms with Crippen LogP contribution in [0.5, 0.6) is 0 Å². The van der Waals surface area contributed by atoms with Crippen LogP contribution in [0, 0.1) is 0 Å². The zero-order chi connectivity index (χ0) is 15.4. The largest absolute Gasteiger partial charge is 0.353 e. The minimum atomic E-state index is 0.0307. The summed E-state index contributed by atoms with van der Waals surface area (Å²) < 4.78 is 3.06. The van der Waals surface area contributed by atoms with E-state index in [1.54, 1.807) is 0 Å². The SMILES string of the molecule is CC(C)NC(=O)CSc1ncc(-c2ccc(Br)cc2)n1C. The van der Waals surface area contributed by atoms with Crippen LogP contribution < -0.4 is 5.32 Å². The van der Waals surface area contributed by atoms with Gasteiger partial charge >= 0.3 is 0 Å². The van der Waals surface area contributed by atoms with Gasteiger partial charge in [0.1, 0.15) is 0 Å². The highest BCUT2D eigenvalue weighted by molar-refractivity contribution is 9.10. The molecule has 0 saturated carbocycles. The molecule has 1 amide bonds. The molecule has 0 fully saturated rings. The average molecular weight is 368 g/mol. The molecule has 0 aliphatic rings. The van der Waals surface area contributed by atoms with Gasteiger partial charge in [0, 0.05) is 17.6 Å². The van der Waals surface area contributed by atoms with Crippen molar-refractivity contribution >= 4 is 33.6 Å². The van der Waals surface area contributed by atoms with Crippen molar-refractivity contribution in [2.24, 2.45) is 7.05 Å². The molecule has 4 nitrogen and oxygen atoms in total. The second kappa shape index (κ2) is 7.13. The third-order valence-electron chi connectivity index (χ3n) is 2.87. The smallest absolute Gasteiger partial charge is 0.230 e. The molecule has 1 heterocycles. The predicted octanol–water partition coefficient (Wildman–Crippen LogP) is 3.47. The Bertz CT molecular complexity index is 622. The van der Waals surface area contributed by atoms with Crippen LogP contribution in [-0.4, -0.2) is 27.3 Å². The van der Waals surface area contributed by atoms with E-state index in [-0.39, 0.29) is 11.9 Å². The quantitative estimate of drug-likeness (QED) is 0.823. The Morgan fingerprint density at radius 3 is 2.67 bits per heavy atom. The molecular formula is C15H18BrN3OS. The normalized spacial score (nSPS) is 10.9. The Hall–Kier alpha value is -1.27. The fourth-order valence-corrected chi connectivity index (χ4v) is 2.94. The Morgan fingerprint density at radius 1 is 1.38 bits per heavy atom. The Balaban J connectivity index is 2.07. The van der Waals surface area contributed by atoms with Crippen molar-refractivity contribution < 1.29 is 4.79 Å². The highest BCUT2D eigenvalue weighted by Gasteiger charge is 2.11. The van der Waals surface area contributed by atoms with Gasteiger partial charge in [-0.25, -0.2) is 4.98 Å². The maximum absolute atomic E-state index is 11.7. The summed E-state index contributed by atoms with van der Waals surface area (Å²) in [5.41, 5.74) is 2.14. The number of hydrogen-bond donors (Lipinski definition) is 1. The fourth-order valence-electron chi connectivity index (χ4n) is 1.91. The monoisotopic (exact) mass is 367 g/mol. The Labute approximate surface area is 137 Å². The van der Waals surface area contributed by atoms with Crippen LogP contribution in [0.3, 0.4) is 0 Å². The number of nitrogens with zero attached hydrogens (tertiary/aromatic N) is 2. The van der Waals surface area contributed by atoms with Gasteiger partial charge in [-0.1, -0.05) is 39.8 Å². The van der Waals surface area contributed by atoms with E-state index in [9.17, 15) is 4.79 Å². The van der Waals surface area contributed by atoms with E-state index in [1.807, 2.05) is 55.9 Å². The van der Waals surface area contributed by atoms with Crippen molar-refractivity contribution in [1.29, 1.82) is 0 Å². The molecule has 2 rings (SSSR count). The number of imidazole rings is 1. The highest BCUT2D eigenvalue weighted by Crippen LogP contribution is 2.25. The first-order valence-corrected chi connectivity index (χ1v) is 8.45. The minimum absolute atomic E-state index is 0.0307. The number of hydrogen-bond acceptors (Lipinski definition) is 3. The lowest BCUT2D eigenvalue weighted by Crippen LogP contribution is -2.31. The van der Waals surface area contributed by atoms with Gasteiger partial charge in [0.15, 0.2) is 5.16 Å². The summed E-state index contributed by atoms with van der Waals surface area (Å²) >= 11 is 4.88. The van der Waals surface area contributed by atoms with Gasteiger partial charge in [-0.3, -0.25) is 4.79 Å². The zero-order valence-corrected chi connectivity index (χ0v) is 14.7. The molecule has 0 atom stereocenters. The molecule has 2 aromatic rings. The molecule has 0 saturated heterocycles. The summed E-state index contributed by atoms with van der Waals surface area (Å²) in [5.74, 6) is 0.409. The van der Waals surface area contributed by atoms with Gasteiger partial charge in [0.25, 0.3) is 0 Å². The number of aromatic nitrogens is 2. The first kappa shape index (κ1) is 16.1. The van der Waals surface area contributed by atoms with Crippen LogP contribution >= 0.6 is 27.7 Å². The van der Waals surface area contributed by atoms with Crippen molar-refractivity contribution in [2.45, 2.75) is 25.0 Å². The van der Waals surface area contributed by atoms with Crippen molar-refractivity contribution in [2.75, 3.05) is 5.75 Å². The summed E-state index contributed by atoms with van der Waals surface area (Å²) in [6, 6.07) is 8.26. The highest BCUT2D eigenvalue weighted by atomic mass is 79.9. The number of thioether (sulfide) groups is 1. The molecule has 0 bridgehead atoms. The summed E-state index contributed by atoms with van der Waals surface area (Å²) in [7, 11) is 1.97. The van der Waals surface area contributed by atoms with Gasteiger partial charge in [0.05, 0.1) is 17.6 Å². The van der Waals surface area contributed by atoms with Gasteiger partial charge in [0.2, 0.25) is 5.91 Å². The number of benzene rings is 1. The molecule has 0 aliphatic carbocycles. The summed E-state index contributed by atoms with van der Waals surface area (Å²) in [5, 5.41) is 3.71. The molecule has 6 heteroatoms. The standard InChI is InChI=1S/C15H18BrN3OS/c1-10(2)18-14(20)9-21-15-17-8-13(19(15)3)11-4-6-12(16)7-5-11/h4-8,10H,9H2,1-3H3,(H,18,20). The average Bonchev–Trinajstić information content (AvgIpc) is 2.78. The molecule has 112 valence electrons. The topological polar surface area (TPSA) is 46.9 Å². The summed E-state index contributed by atoms with van der Waals surface area (Å²) in [4.78, 5) is 16.1. The van der Waals surface area contributed by atoms with Crippen molar-refractivity contribution in [3.05, 3.63) is 34.9 Å². The maximum atomic E-state index is 11.7. The van der Waals surface area contributed by atoms with E-state index in [0.717, 1.165) is 20.9 Å². The number of carbonyl (C=O) groups is 1. The molecule has 1 N–H and O–H groups in total. The lowest BCUT2D eigenvalue weighted by molar-refractivity contribution is -0.119. The van der Waals surface area contributed by atoms with Gasteiger partial charge in [-0.2, -0.15) is 0 Å². The summed E-state index contributed by atoms with van der Waals surface area (Å²) in [6.07, 6.45) is 1.84. The first-order valence-electron chi connectivity index (χ1n) is 6.67. The van der Waals surface area contributed by atoms with Crippen LogP contribution in [0.1, 0.15) is 13.8 Å². The number of nitrogens with one attached hydrogen (secondary N) is 1. The van der Waals surface area contributed by atoms with Crippen LogP contribution in [0.15, 0.2) is 40.1 Å². The third-order valence-corrected chi connectivity index (χ3v) is 4.44. The fraction of sp³-hybridized carbons (Fsp3) is 0.333. The molecule has 0 spiro atoms. The van der Waals surface area contributed by atoms with E-state index in [1.165, 1.54) is 11.8 Å². The van der Waals surface area contributed by atoms with Crippen molar-refractivity contribution in [1.82, 2.24) is 14.9 Å². The van der Waals surface area contributed by atoms with E-state index < -0.39 is 0 Å². The Morgan fingerprint density at radius 2 is 2.05 bits per heavy atom. The zero-order valence-electron chi connectivity index (χ0n) is 12.3. The maximum Gasteiger partial charge on any atom is 0.230 e. The second-order valence-electron chi connectivity index (χ2n) is 5.00. The third kappa shape index (κ3) is 4.35. The molecule has 0 unspecified atom stereocenters. The van der Waals surface area contributed by atoms with Crippen LogP contribution in [0.25, 0.3) is 11.3 Å². The number of carbonyl (C=O) groups excluding carboxylic acids is 1. The second-order valence-corrected chi connectivity index (χ2v) is 6.86. The lowest BCUT2D eigenvalue weighted by Gasteiger charge is -2.08. The van der Waals surface area contributed by atoms with Crippen LogP contribution in [0.4, 0.5) is 0 Å². The number of halogens is 1. The molecule has 21 heavy (non-hydrogen) atoms. The predicted molar refractivity (Wildman–Crippen MR) is 90.3 cm³/mol. The van der Waals surface area contributed by atoms with Crippen molar-refractivity contribution in [3.63, 3.8) is 0 Å². The van der Waals surface area contributed by atoms with E-state index in [0.29, 0.717) is 5.75 Å². The minimum Gasteiger partial charge on any atom is -0.353 e. The van der Waals surface area contributed by atoms with Crippen molar-refractivity contribution in [3.8, 4) is 11.3 Å². The van der Waals surface area contributed by atoms with Gasteiger partial charge in [-0.05, 0) is 31.5 Å².